The monoisotopic (exact) mass is 449 g/mol. The third kappa shape index (κ3) is 4.80. The minimum absolute atomic E-state index is 0.236. The van der Waals surface area contributed by atoms with Gasteiger partial charge in [-0.1, -0.05) is 49.8 Å². The van der Waals surface area contributed by atoms with Crippen molar-refractivity contribution >= 4 is 17.8 Å². The van der Waals surface area contributed by atoms with E-state index in [2.05, 4.69) is 59.4 Å². The molecule has 1 aliphatic carbocycles. The maximum Gasteiger partial charge on any atom is 0.324 e. The Morgan fingerprint density at radius 3 is 2.42 bits per heavy atom. The van der Waals surface area contributed by atoms with Crippen molar-refractivity contribution in [2.24, 2.45) is 22.4 Å². The van der Waals surface area contributed by atoms with Crippen LogP contribution in [0.15, 0.2) is 52.4 Å². The van der Waals surface area contributed by atoms with Crippen molar-refractivity contribution in [1.29, 1.82) is 0 Å². The summed E-state index contributed by atoms with van der Waals surface area (Å²) in [7, 11) is 0. The quantitative estimate of drug-likeness (QED) is 0.596. The molecule has 2 fully saturated rings. The van der Waals surface area contributed by atoms with Crippen molar-refractivity contribution in [3.8, 4) is 0 Å². The van der Waals surface area contributed by atoms with Crippen molar-refractivity contribution in [3.63, 3.8) is 0 Å². The van der Waals surface area contributed by atoms with Crippen LogP contribution in [0.2, 0.25) is 0 Å². The van der Waals surface area contributed by atoms with Crippen molar-refractivity contribution in [2.75, 3.05) is 31.1 Å². The maximum atomic E-state index is 5.79. The summed E-state index contributed by atoms with van der Waals surface area (Å²) < 4.78 is 5.75. The second-order valence-electron chi connectivity index (χ2n) is 9.46. The number of allylic oxidation sites excluding steroid dienone is 1. The predicted molar refractivity (Wildman–Crippen MR) is 133 cm³/mol. The molecule has 2 aliphatic rings. The fourth-order valence-electron chi connectivity index (χ4n) is 4.37. The molecule has 1 aliphatic heterocycles. The molecule has 0 amide bonds. The predicted octanol–water partition coefficient (Wildman–Crippen LogP) is 3.12. The van der Waals surface area contributed by atoms with E-state index in [9.17, 15) is 0 Å². The van der Waals surface area contributed by atoms with E-state index in [0.29, 0.717) is 11.8 Å². The molecule has 0 radical (unpaired) electrons. The van der Waals surface area contributed by atoms with Gasteiger partial charge in [-0.05, 0) is 36.8 Å². The zero-order chi connectivity index (χ0) is 23.6. The lowest BCUT2D eigenvalue weighted by molar-refractivity contribution is 0.241. The van der Waals surface area contributed by atoms with Gasteiger partial charge in [0.1, 0.15) is 5.82 Å². The fourth-order valence-corrected chi connectivity index (χ4v) is 4.37. The van der Waals surface area contributed by atoms with E-state index < -0.39 is 5.41 Å². The number of hydrogen-bond donors (Lipinski definition) is 2. The average molecular weight is 450 g/mol. The summed E-state index contributed by atoms with van der Waals surface area (Å²) in [4.78, 5) is 13.7. The summed E-state index contributed by atoms with van der Waals surface area (Å²) in [5, 5.41) is 4.43. The molecule has 2 heterocycles. The first-order chi connectivity index (χ1) is 15.8. The number of nitrogens with two attached hydrogens (primary N) is 2. The van der Waals surface area contributed by atoms with Crippen molar-refractivity contribution in [2.45, 2.75) is 45.1 Å². The number of nitrogens with zero attached hydrogens (tertiary/aromatic N) is 5. The van der Waals surface area contributed by atoms with Crippen molar-refractivity contribution < 1.29 is 4.52 Å². The molecule has 0 spiro atoms. The van der Waals surface area contributed by atoms with E-state index in [1.54, 1.807) is 6.21 Å². The van der Waals surface area contributed by atoms with Crippen LogP contribution in [0, 0.1) is 5.92 Å². The second kappa shape index (κ2) is 9.39. The van der Waals surface area contributed by atoms with Crippen molar-refractivity contribution in [1.82, 2.24) is 15.0 Å². The Bertz CT molecular complexity index is 1030. The molecular formula is C25H35N7O. The van der Waals surface area contributed by atoms with Gasteiger partial charge in [0, 0.05) is 50.2 Å². The van der Waals surface area contributed by atoms with E-state index in [0.717, 1.165) is 48.9 Å². The van der Waals surface area contributed by atoms with E-state index >= 15 is 0 Å². The second-order valence-corrected chi connectivity index (χ2v) is 9.46. The molecule has 2 aromatic rings. The highest BCUT2D eigenvalue weighted by Crippen LogP contribution is 2.38. The number of piperazine rings is 1. The molecule has 176 valence electrons. The number of benzene rings is 1. The maximum absolute atomic E-state index is 5.79. The van der Waals surface area contributed by atoms with Gasteiger partial charge in [0.05, 0.1) is 5.41 Å². The fraction of sp³-hybridized carbons (Fsp3) is 0.480. The van der Waals surface area contributed by atoms with Gasteiger partial charge in [-0.25, -0.2) is 4.99 Å². The van der Waals surface area contributed by atoms with Crippen molar-refractivity contribution in [3.05, 3.63) is 59.8 Å². The summed E-state index contributed by atoms with van der Waals surface area (Å²) in [6.07, 6.45) is 5.81. The summed E-state index contributed by atoms with van der Waals surface area (Å²) in [5.74, 6) is 1.20. The molecule has 4 rings (SSSR count). The summed E-state index contributed by atoms with van der Waals surface area (Å²) >= 11 is 0. The van der Waals surface area contributed by atoms with Crippen LogP contribution < -0.4 is 16.4 Å². The van der Waals surface area contributed by atoms with E-state index in [4.69, 9.17) is 21.0 Å². The lowest BCUT2D eigenvalue weighted by Crippen LogP contribution is -2.47. The van der Waals surface area contributed by atoms with Gasteiger partial charge in [-0.15, -0.1) is 0 Å². The largest absolute Gasteiger partial charge is 0.404 e. The Morgan fingerprint density at radius 1 is 1.21 bits per heavy atom. The number of rotatable bonds is 8. The van der Waals surface area contributed by atoms with Crippen LogP contribution in [0.5, 0.6) is 0 Å². The van der Waals surface area contributed by atoms with Gasteiger partial charge in [0.2, 0.25) is 0 Å². The lowest BCUT2D eigenvalue weighted by Gasteiger charge is -2.33. The molecule has 1 unspecified atom stereocenters. The van der Waals surface area contributed by atoms with Gasteiger partial charge in [-0.2, -0.15) is 4.98 Å². The highest BCUT2D eigenvalue weighted by Gasteiger charge is 2.38. The lowest BCUT2D eigenvalue weighted by atomic mass is 9.72. The average Bonchev–Trinajstić information content (AvgIpc) is 3.55. The molecule has 8 heteroatoms. The van der Waals surface area contributed by atoms with E-state index in [1.807, 2.05) is 12.1 Å². The molecule has 1 aromatic carbocycles. The smallest absolute Gasteiger partial charge is 0.324 e. The zero-order valence-corrected chi connectivity index (χ0v) is 19.9. The number of hydrogen-bond acceptors (Lipinski definition) is 8. The van der Waals surface area contributed by atoms with Crippen LogP contribution in [0.1, 0.15) is 50.6 Å². The summed E-state index contributed by atoms with van der Waals surface area (Å²) in [6.45, 7) is 14.1. The summed E-state index contributed by atoms with van der Waals surface area (Å²) in [5.41, 5.74) is 13.8. The van der Waals surface area contributed by atoms with Crippen LogP contribution in [0.4, 0.5) is 6.01 Å². The molecule has 4 N–H and O–H groups in total. The normalized spacial score (nSPS) is 19.9. The first kappa shape index (κ1) is 23.0. The Balaban J connectivity index is 1.54. The van der Waals surface area contributed by atoms with Gasteiger partial charge < -0.3 is 20.9 Å². The SMILES string of the molecule is C=C(N)/N=C\C(=C/N)c1ccc(C(C)(c2noc(N3CCN(C4CC4)CC3)n2)C(C)C)cc1. The van der Waals surface area contributed by atoms with Crippen LogP contribution in [0.25, 0.3) is 5.57 Å². The van der Waals surface area contributed by atoms with E-state index in [1.165, 1.54) is 19.0 Å². The van der Waals surface area contributed by atoms with Gasteiger partial charge in [-0.3, -0.25) is 4.90 Å². The molecular weight excluding hydrogens is 414 g/mol. The first-order valence-corrected chi connectivity index (χ1v) is 11.7. The molecule has 33 heavy (non-hydrogen) atoms. The Morgan fingerprint density at radius 2 is 1.88 bits per heavy atom. The highest BCUT2D eigenvalue weighted by atomic mass is 16.5. The Kier molecular flexibility index (Phi) is 6.56. The number of aromatic nitrogens is 2. The van der Waals surface area contributed by atoms with E-state index in [-0.39, 0.29) is 11.7 Å². The minimum atomic E-state index is -0.400. The third-order valence-corrected chi connectivity index (χ3v) is 7.05. The molecule has 1 saturated carbocycles. The minimum Gasteiger partial charge on any atom is -0.404 e. The van der Waals surface area contributed by atoms with Crippen LogP contribution >= 0.6 is 0 Å². The first-order valence-electron chi connectivity index (χ1n) is 11.7. The van der Waals surface area contributed by atoms with Gasteiger partial charge in [0.15, 0.2) is 5.82 Å². The van der Waals surface area contributed by atoms with Gasteiger partial charge in [0.25, 0.3) is 0 Å². The number of anilines is 1. The van der Waals surface area contributed by atoms with Crippen LogP contribution in [0.3, 0.4) is 0 Å². The molecule has 1 aromatic heterocycles. The Hall–Kier alpha value is -3.13. The topological polar surface area (TPSA) is 110 Å². The molecule has 8 nitrogen and oxygen atoms in total. The molecule has 1 saturated heterocycles. The van der Waals surface area contributed by atoms with Gasteiger partial charge >= 0.3 is 6.01 Å². The Labute approximate surface area is 196 Å². The zero-order valence-electron chi connectivity index (χ0n) is 19.9. The van der Waals surface area contributed by atoms with Crippen LogP contribution in [-0.2, 0) is 5.41 Å². The molecule has 0 bridgehead atoms. The number of aliphatic imine (C=N–C) groups is 1. The third-order valence-electron chi connectivity index (χ3n) is 7.05. The molecule has 1 atom stereocenters. The highest BCUT2D eigenvalue weighted by molar-refractivity contribution is 6.09. The van der Waals surface area contributed by atoms with Crippen LogP contribution in [-0.4, -0.2) is 53.5 Å². The summed E-state index contributed by atoms with van der Waals surface area (Å²) in [6, 6.07) is 9.65. The standard InChI is InChI=1S/C25H35N7O/c1-17(2)25(4,21-7-5-19(6-8-21)20(15-26)16-28-18(3)27)23-29-24(33-30-23)32-13-11-31(12-14-32)22-9-10-22/h5-8,15-17,22H,3,9-14,26-27H2,1-2,4H3/b20-15+,28-16-.